The summed E-state index contributed by atoms with van der Waals surface area (Å²) in [5.74, 6) is 0.0683. The van der Waals surface area contributed by atoms with E-state index in [0.29, 0.717) is 5.56 Å². The number of aryl methyl sites for hydroxylation is 1. The molecule has 110 valence electrons. The number of hydrogen-bond acceptors (Lipinski definition) is 4. The molecule has 0 amide bonds. The van der Waals surface area contributed by atoms with Gasteiger partial charge in [0.2, 0.25) is 0 Å². The van der Waals surface area contributed by atoms with Gasteiger partial charge in [0.25, 0.3) is 5.69 Å². The second-order valence-electron chi connectivity index (χ2n) is 4.67. The topological polar surface area (TPSA) is 72.6 Å². The third-order valence-electron chi connectivity index (χ3n) is 3.00. The highest BCUT2D eigenvalue weighted by Crippen LogP contribution is 2.33. The van der Waals surface area contributed by atoms with Gasteiger partial charge in [-0.2, -0.15) is 0 Å². The van der Waals surface area contributed by atoms with Crippen LogP contribution in [-0.2, 0) is 0 Å². The predicted octanol–water partition coefficient (Wildman–Crippen LogP) is 3.89. The lowest BCUT2D eigenvalue weighted by atomic mass is 10.1. The highest BCUT2D eigenvalue weighted by atomic mass is 19.1. The summed E-state index contributed by atoms with van der Waals surface area (Å²) in [7, 11) is 0. The van der Waals surface area contributed by atoms with Crippen molar-refractivity contribution < 1.29 is 19.2 Å². The Kier molecular flexibility index (Phi) is 4.18. The van der Waals surface area contributed by atoms with Crippen LogP contribution in [0, 0.1) is 22.9 Å². The molecule has 5 nitrogen and oxygen atoms in total. The third-order valence-corrected chi connectivity index (χ3v) is 3.00. The molecule has 0 saturated heterocycles. The summed E-state index contributed by atoms with van der Waals surface area (Å²) in [4.78, 5) is 10.2. The number of benzene rings is 2. The van der Waals surface area contributed by atoms with Gasteiger partial charge in [0.15, 0.2) is 0 Å². The van der Waals surface area contributed by atoms with Crippen LogP contribution in [0.15, 0.2) is 36.4 Å². The van der Waals surface area contributed by atoms with Crippen LogP contribution < -0.4 is 4.74 Å². The van der Waals surface area contributed by atoms with Gasteiger partial charge in [-0.15, -0.1) is 0 Å². The highest BCUT2D eigenvalue weighted by molar-refractivity contribution is 5.45. The van der Waals surface area contributed by atoms with Gasteiger partial charge >= 0.3 is 0 Å². The Morgan fingerprint density at radius 1 is 1.33 bits per heavy atom. The van der Waals surface area contributed by atoms with Crippen LogP contribution in [0.3, 0.4) is 0 Å². The second kappa shape index (κ2) is 5.88. The van der Waals surface area contributed by atoms with E-state index < -0.39 is 16.8 Å². The number of aliphatic hydroxyl groups is 1. The molecular formula is C15H14FNO4. The predicted molar refractivity (Wildman–Crippen MR) is 74.9 cm³/mol. The smallest absolute Gasteiger partial charge is 0.273 e. The van der Waals surface area contributed by atoms with Crippen molar-refractivity contribution in [1.29, 1.82) is 0 Å². The Balaban J connectivity index is 2.41. The van der Waals surface area contributed by atoms with Crippen molar-refractivity contribution in [3.63, 3.8) is 0 Å². The van der Waals surface area contributed by atoms with Gasteiger partial charge in [-0.25, -0.2) is 4.39 Å². The largest absolute Gasteiger partial charge is 0.457 e. The molecule has 0 aromatic heterocycles. The quantitative estimate of drug-likeness (QED) is 0.685. The van der Waals surface area contributed by atoms with Gasteiger partial charge in [-0.05, 0) is 37.6 Å². The van der Waals surface area contributed by atoms with Gasteiger partial charge in [-0.1, -0.05) is 6.07 Å². The van der Waals surface area contributed by atoms with E-state index in [1.807, 2.05) is 0 Å². The average molecular weight is 291 g/mol. The number of hydrogen-bond donors (Lipinski definition) is 1. The van der Waals surface area contributed by atoms with Crippen molar-refractivity contribution in [2.45, 2.75) is 20.0 Å². The number of halogens is 1. The summed E-state index contributed by atoms with van der Waals surface area (Å²) >= 11 is 0. The minimum Gasteiger partial charge on any atom is -0.457 e. The zero-order valence-corrected chi connectivity index (χ0v) is 11.5. The summed E-state index contributed by atoms with van der Waals surface area (Å²) in [5, 5.41) is 20.4. The molecule has 0 saturated carbocycles. The molecule has 0 heterocycles. The number of nitro groups is 1. The minimum absolute atomic E-state index is 0.107. The van der Waals surface area contributed by atoms with E-state index in [-0.39, 0.29) is 22.7 Å². The molecule has 2 aromatic rings. The van der Waals surface area contributed by atoms with Crippen LogP contribution in [0.1, 0.15) is 24.2 Å². The minimum atomic E-state index is -0.922. The zero-order chi connectivity index (χ0) is 15.6. The van der Waals surface area contributed by atoms with Crippen LogP contribution >= 0.6 is 0 Å². The van der Waals surface area contributed by atoms with Crippen LogP contribution in [0.25, 0.3) is 0 Å². The number of nitro benzene ring substituents is 1. The molecule has 0 unspecified atom stereocenters. The van der Waals surface area contributed by atoms with Crippen LogP contribution in [0.4, 0.5) is 10.1 Å². The molecule has 6 heteroatoms. The van der Waals surface area contributed by atoms with Gasteiger partial charge in [-0.3, -0.25) is 10.1 Å². The van der Waals surface area contributed by atoms with Crippen molar-refractivity contribution in [2.24, 2.45) is 0 Å². The van der Waals surface area contributed by atoms with E-state index in [1.54, 1.807) is 13.0 Å². The fourth-order valence-electron chi connectivity index (χ4n) is 1.87. The van der Waals surface area contributed by atoms with Crippen molar-refractivity contribution in [2.75, 3.05) is 0 Å². The summed E-state index contributed by atoms with van der Waals surface area (Å²) in [6.45, 7) is 3.06. The molecule has 0 radical (unpaired) electrons. The number of ether oxygens (including phenoxy) is 1. The standard InChI is InChI=1S/C15H14FNO4/c1-9-6-15(13(10(2)18)8-14(9)16)21-12-5-3-4-11(7-12)17(19)20/h3-8,10,18H,1-2H3/t10-/m0/s1. The van der Waals surface area contributed by atoms with Crippen molar-refractivity contribution >= 4 is 5.69 Å². The second-order valence-corrected chi connectivity index (χ2v) is 4.67. The molecule has 1 N–H and O–H groups in total. The Hall–Kier alpha value is -2.47. The van der Waals surface area contributed by atoms with Crippen LogP contribution in [0.5, 0.6) is 11.5 Å². The molecule has 2 rings (SSSR count). The van der Waals surface area contributed by atoms with Crippen molar-refractivity contribution in [3.8, 4) is 11.5 Å². The Morgan fingerprint density at radius 2 is 2.05 bits per heavy atom. The van der Waals surface area contributed by atoms with Gasteiger partial charge in [0.05, 0.1) is 17.1 Å². The first-order chi connectivity index (χ1) is 9.88. The lowest BCUT2D eigenvalue weighted by Gasteiger charge is -2.14. The summed E-state index contributed by atoms with van der Waals surface area (Å²) in [6, 6.07) is 8.31. The molecule has 1 atom stereocenters. The lowest BCUT2D eigenvalue weighted by Crippen LogP contribution is -1.99. The zero-order valence-electron chi connectivity index (χ0n) is 11.5. The Morgan fingerprint density at radius 3 is 2.67 bits per heavy atom. The monoisotopic (exact) mass is 291 g/mol. The molecular weight excluding hydrogens is 277 g/mol. The number of non-ortho nitro benzene ring substituents is 1. The number of rotatable bonds is 4. The fourth-order valence-corrected chi connectivity index (χ4v) is 1.87. The first kappa shape index (κ1) is 14.9. The van der Waals surface area contributed by atoms with E-state index in [9.17, 15) is 19.6 Å². The molecule has 2 aromatic carbocycles. The fraction of sp³-hybridized carbons (Fsp3) is 0.200. The molecule has 0 aliphatic rings. The molecule has 0 aliphatic carbocycles. The maximum absolute atomic E-state index is 13.6. The SMILES string of the molecule is Cc1cc(Oc2cccc([N+](=O)[O-])c2)c([C@H](C)O)cc1F. The third kappa shape index (κ3) is 3.35. The normalized spacial score (nSPS) is 12.0. The maximum atomic E-state index is 13.6. The number of aliphatic hydroxyl groups excluding tert-OH is 1. The van der Waals surface area contributed by atoms with E-state index in [4.69, 9.17) is 4.74 Å². The van der Waals surface area contributed by atoms with Crippen molar-refractivity contribution in [1.82, 2.24) is 0 Å². The van der Waals surface area contributed by atoms with Gasteiger partial charge < -0.3 is 9.84 Å². The molecule has 0 fully saturated rings. The summed E-state index contributed by atoms with van der Waals surface area (Å²) in [5.41, 5.74) is 0.536. The van der Waals surface area contributed by atoms with E-state index in [1.165, 1.54) is 37.3 Å². The molecule has 0 spiro atoms. The van der Waals surface area contributed by atoms with Crippen LogP contribution in [0.2, 0.25) is 0 Å². The molecule has 0 bridgehead atoms. The van der Waals surface area contributed by atoms with Crippen LogP contribution in [-0.4, -0.2) is 10.0 Å². The first-order valence-electron chi connectivity index (χ1n) is 6.29. The molecule has 0 aliphatic heterocycles. The maximum Gasteiger partial charge on any atom is 0.273 e. The van der Waals surface area contributed by atoms with E-state index in [2.05, 4.69) is 0 Å². The Labute approximate surface area is 120 Å². The van der Waals surface area contributed by atoms with E-state index in [0.717, 1.165) is 0 Å². The summed E-state index contributed by atoms with van der Waals surface area (Å²) in [6.07, 6.45) is -0.922. The van der Waals surface area contributed by atoms with E-state index >= 15 is 0 Å². The lowest BCUT2D eigenvalue weighted by molar-refractivity contribution is -0.384. The average Bonchev–Trinajstić information content (AvgIpc) is 2.42. The first-order valence-corrected chi connectivity index (χ1v) is 6.29. The molecule has 21 heavy (non-hydrogen) atoms. The highest BCUT2D eigenvalue weighted by Gasteiger charge is 2.15. The van der Waals surface area contributed by atoms with Crippen molar-refractivity contribution in [3.05, 3.63) is 63.5 Å². The Bertz CT molecular complexity index is 685. The number of nitrogens with zero attached hydrogens (tertiary/aromatic N) is 1. The van der Waals surface area contributed by atoms with Gasteiger partial charge in [0, 0.05) is 11.6 Å². The van der Waals surface area contributed by atoms with Gasteiger partial charge in [0.1, 0.15) is 17.3 Å². The summed E-state index contributed by atoms with van der Waals surface area (Å²) < 4.78 is 19.1.